The van der Waals surface area contributed by atoms with E-state index in [-0.39, 0.29) is 0 Å². The number of ketones is 1. The Balaban J connectivity index is 1.42. The minimum absolute atomic E-state index is 0.521. The van der Waals surface area contributed by atoms with E-state index in [1.54, 1.807) is 25.7 Å². The van der Waals surface area contributed by atoms with Gasteiger partial charge in [-0.3, -0.25) is 4.79 Å². The minimum atomic E-state index is 0.521. The van der Waals surface area contributed by atoms with Gasteiger partial charge in [-0.15, -0.1) is 0 Å². The van der Waals surface area contributed by atoms with Crippen molar-refractivity contribution < 1.29 is 4.79 Å². The summed E-state index contributed by atoms with van der Waals surface area (Å²) >= 11 is 0. The number of hydrogen-bond donors (Lipinski definition) is 0. The van der Waals surface area contributed by atoms with Gasteiger partial charge in [0.05, 0.1) is 0 Å². The van der Waals surface area contributed by atoms with Crippen LogP contribution in [-0.4, -0.2) is 5.78 Å². The summed E-state index contributed by atoms with van der Waals surface area (Å²) < 4.78 is 0. The van der Waals surface area contributed by atoms with Crippen molar-refractivity contribution in [1.82, 2.24) is 0 Å². The topological polar surface area (TPSA) is 17.1 Å². The van der Waals surface area contributed by atoms with Crippen molar-refractivity contribution in [2.75, 3.05) is 0 Å². The van der Waals surface area contributed by atoms with Gasteiger partial charge < -0.3 is 0 Å². The lowest BCUT2D eigenvalue weighted by molar-refractivity contribution is -0.420. The van der Waals surface area contributed by atoms with Gasteiger partial charge in [0.15, 0.2) is 0 Å². The van der Waals surface area contributed by atoms with Crippen LogP contribution < -0.4 is 0 Å². The second-order valence-electron chi connectivity index (χ2n) is 11.9. The SMILES string of the molecule is O=C1[C@H]2C[C@H]3[C@H]4C[C@@]56C[C@H]7C[C@@H]8[C@@H]9C[C@](C2)([C@H]3[C@H]85)[C@@H]([C@H]14)[C@H]6[C@H]9C7. The molecule has 0 amide bonds. The van der Waals surface area contributed by atoms with Crippen LogP contribution in [-0.2, 0) is 4.79 Å². The van der Waals surface area contributed by atoms with E-state index in [1.165, 1.54) is 19.3 Å². The maximum Gasteiger partial charge on any atom is 0.139 e. The predicted octanol–water partition coefficient (Wildman–Crippen LogP) is 3.78. The Kier molecular flexibility index (Phi) is 1.37. The highest BCUT2D eigenvalue weighted by molar-refractivity contribution is 5.87. The molecule has 13 aliphatic rings. The fourth-order valence-electron chi connectivity index (χ4n) is 13.2. The van der Waals surface area contributed by atoms with Crippen LogP contribution in [0.2, 0.25) is 0 Å². The molecule has 13 fully saturated rings. The summed E-state index contributed by atoms with van der Waals surface area (Å²) in [5, 5.41) is 0. The minimum Gasteiger partial charge on any atom is -0.299 e. The number of carbonyl (C=O) groups is 1. The summed E-state index contributed by atoms with van der Waals surface area (Å²) in [6.45, 7) is 0. The molecule has 0 aromatic rings. The molecule has 23 heavy (non-hydrogen) atoms. The van der Waals surface area contributed by atoms with Crippen LogP contribution in [0.3, 0.4) is 0 Å². The monoisotopic (exact) mass is 306 g/mol. The molecule has 0 saturated heterocycles. The number of Topliss-reactive ketones (excluding diaryl/α,β-unsaturated/α-hetero) is 1. The van der Waals surface area contributed by atoms with Gasteiger partial charge in [0.2, 0.25) is 0 Å². The quantitative estimate of drug-likeness (QED) is 0.666. The Morgan fingerprint density at radius 3 is 2.13 bits per heavy atom. The molecule has 0 aromatic carbocycles. The molecule has 0 radical (unpaired) electrons. The summed E-state index contributed by atoms with van der Waals surface area (Å²) in [5.41, 5.74) is 1.47. The average molecular weight is 306 g/mol. The van der Waals surface area contributed by atoms with Crippen LogP contribution in [0, 0.1) is 81.8 Å². The average Bonchev–Trinajstić information content (AvgIpc) is 2.54. The van der Waals surface area contributed by atoms with Crippen molar-refractivity contribution in [2.45, 2.75) is 44.9 Å². The standard InChI is InChI=1S/C22H26O/c23-20-9-3-12-14-7-21-4-8-1-10-13-6-22(5-9,17(12)16(10)21)19(15(14)20)18(21)11(13)2-8/h8-19H,1-7H2/t8-,9-,10+,11-,12-,13-,14+,15+,16-,17+,18+,19-,21-,22+/m0/s1. The van der Waals surface area contributed by atoms with Crippen LogP contribution in [0.5, 0.6) is 0 Å². The van der Waals surface area contributed by atoms with Crippen molar-refractivity contribution in [3.05, 3.63) is 0 Å². The third-order valence-electron chi connectivity index (χ3n) is 12.3. The van der Waals surface area contributed by atoms with Crippen LogP contribution in [0.15, 0.2) is 0 Å². The van der Waals surface area contributed by atoms with Gasteiger partial charge in [-0.25, -0.2) is 0 Å². The molecular formula is C22H26O. The van der Waals surface area contributed by atoms with Gasteiger partial charge in [0.1, 0.15) is 5.78 Å². The maximum atomic E-state index is 13.2. The first-order valence-electron chi connectivity index (χ1n) is 10.8. The summed E-state index contributed by atoms with van der Waals surface area (Å²) in [4.78, 5) is 13.2. The van der Waals surface area contributed by atoms with Gasteiger partial charge in [-0.05, 0) is 115 Å². The fraction of sp³-hybridized carbons (Fsp3) is 0.955. The zero-order valence-electron chi connectivity index (χ0n) is 13.8. The molecule has 13 aliphatic carbocycles. The molecule has 0 heterocycles. The van der Waals surface area contributed by atoms with Crippen molar-refractivity contribution >= 4 is 5.78 Å². The number of carbonyl (C=O) groups excluding carboxylic acids is 1. The third kappa shape index (κ3) is 0.780. The van der Waals surface area contributed by atoms with E-state index >= 15 is 0 Å². The largest absolute Gasteiger partial charge is 0.299 e. The Hall–Kier alpha value is -0.330. The smallest absolute Gasteiger partial charge is 0.139 e. The van der Waals surface area contributed by atoms with E-state index in [0.717, 1.165) is 70.4 Å². The molecule has 0 aliphatic heterocycles. The molecule has 13 saturated carbocycles. The second kappa shape index (κ2) is 2.78. The molecule has 0 unspecified atom stereocenters. The highest BCUT2D eigenvalue weighted by Crippen LogP contribution is 2.92. The second-order valence-corrected chi connectivity index (χ2v) is 11.9. The van der Waals surface area contributed by atoms with Crippen LogP contribution >= 0.6 is 0 Å². The van der Waals surface area contributed by atoms with Gasteiger partial charge in [-0.1, -0.05) is 0 Å². The van der Waals surface area contributed by atoms with E-state index in [0.29, 0.717) is 17.3 Å². The molecular weight excluding hydrogens is 280 g/mol. The Bertz CT molecular complexity index is 725. The Morgan fingerprint density at radius 2 is 1.30 bits per heavy atom. The van der Waals surface area contributed by atoms with Crippen molar-refractivity contribution in [3.63, 3.8) is 0 Å². The zero-order valence-corrected chi connectivity index (χ0v) is 13.8. The maximum absolute atomic E-state index is 13.2. The first kappa shape index (κ1) is 11.3. The van der Waals surface area contributed by atoms with Gasteiger partial charge in [0, 0.05) is 11.8 Å². The Labute approximate surface area is 138 Å². The lowest BCUT2D eigenvalue weighted by atomic mass is 9.13. The Morgan fingerprint density at radius 1 is 0.652 bits per heavy atom. The zero-order chi connectivity index (χ0) is 14.5. The summed E-state index contributed by atoms with van der Waals surface area (Å²) in [5.74, 6) is 12.3. The van der Waals surface area contributed by atoms with Crippen LogP contribution in [0.25, 0.3) is 0 Å². The normalized spacial score (nSPS) is 82.0. The van der Waals surface area contributed by atoms with Crippen molar-refractivity contribution in [1.29, 1.82) is 0 Å². The highest BCUT2D eigenvalue weighted by Gasteiger charge is 2.87. The molecule has 0 N–H and O–H groups in total. The van der Waals surface area contributed by atoms with Crippen molar-refractivity contribution in [2.24, 2.45) is 81.8 Å². The van der Waals surface area contributed by atoms with Crippen LogP contribution in [0.4, 0.5) is 0 Å². The summed E-state index contributed by atoms with van der Waals surface area (Å²) in [6.07, 6.45) is 10.6. The predicted molar refractivity (Wildman–Crippen MR) is 84.1 cm³/mol. The van der Waals surface area contributed by atoms with Crippen LogP contribution in [0.1, 0.15) is 44.9 Å². The first-order chi connectivity index (χ1) is 11.2. The van der Waals surface area contributed by atoms with E-state index < -0.39 is 0 Å². The molecule has 0 aromatic heterocycles. The van der Waals surface area contributed by atoms with E-state index in [1.807, 2.05) is 0 Å². The number of hydrogen-bond acceptors (Lipinski definition) is 1. The summed E-state index contributed by atoms with van der Waals surface area (Å²) in [7, 11) is 0. The van der Waals surface area contributed by atoms with E-state index in [4.69, 9.17) is 0 Å². The highest BCUT2D eigenvalue weighted by atomic mass is 16.1. The summed E-state index contributed by atoms with van der Waals surface area (Å²) in [6, 6.07) is 0. The van der Waals surface area contributed by atoms with Gasteiger partial charge >= 0.3 is 0 Å². The molecule has 1 nitrogen and oxygen atoms in total. The molecule has 1 heteroatoms. The van der Waals surface area contributed by atoms with Gasteiger partial charge in [-0.2, -0.15) is 0 Å². The lowest BCUT2D eigenvalue weighted by Crippen LogP contribution is -2.86. The third-order valence-corrected chi connectivity index (χ3v) is 12.3. The van der Waals surface area contributed by atoms with E-state index in [2.05, 4.69) is 0 Å². The lowest BCUT2D eigenvalue weighted by Gasteiger charge is -2.90. The fourth-order valence-corrected chi connectivity index (χ4v) is 13.2. The first-order valence-corrected chi connectivity index (χ1v) is 10.8. The van der Waals surface area contributed by atoms with E-state index in [9.17, 15) is 4.79 Å². The number of rotatable bonds is 0. The van der Waals surface area contributed by atoms with Crippen molar-refractivity contribution in [3.8, 4) is 0 Å². The molecule has 120 valence electrons. The molecule has 14 atom stereocenters. The molecule has 2 spiro atoms. The molecule has 14 bridgehead atoms. The van der Waals surface area contributed by atoms with Gasteiger partial charge in [0.25, 0.3) is 0 Å². The molecule has 13 rings (SSSR count).